The fraction of sp³-hybridized carbons (Fsp3) is 0.438. The molecule has 2 aliphatic heterocycles. The number of pyridine rings is 1. The number of imidazole rings is 1. The molecule has 9 heteroatoms. The van der Waals surface area contributed by atoms with E-state index in [4.69, 9.17) is 20.9 Å². The fourth-order valence-electron chi connectivity index (χ4n) is 3.80. The SMILES string of the molecule is F[C@@]12CCOC[C@]1(c1nc(-c3c(Cl)nc4ccccn34)no1)CNC2. The predicted molar refractivity (Wildman–Crippen MR) is 87.3 cm³/mol. The van der Waals surface area contributed by atoms with Crippen molar-refractivity contribution in [2.75, 3.05) is 26.3 Å². The molecule has 2 atom stereocenters. The molecule has 0 radical (unpaired) electrons. The number of aromatic nitrogens is 4. The first-order valence-corrected chi connectivity index (χ1v) is 8.45. The van der Waals surface area contributed by atoms with Gasteiger partial charge < -0.3 is 14.6 Å². The highest BCUT2D eigenvalue weighted by molar-refractivity contribution is 6.32. The lowest BCUT2D eigenvalue weighted by molar-refractivity contribution is -0.0679. The molecule has 0 bridgehead atoms. The maximum atomic E-state index is 15.5. The average Bonchev–Trinajstić information content (AvgIpc) is 3.28. The van der Waals surface area contributed by atoms with Crippen LogP contribution in [0, 0.1) is 0 Å². The van der Waals surface area contributed by atoms with Crippen molar-refractivity contribution < 1.29 is 13.7 Å². The minimum atomic E-state index is -1.46. The third-order valence-corrected chi connectivity index (χ3v) is 5.48. The molecule has 0 aromatic carbocycles. The highest BCUT2D eigenvalue weighted by Gasteiger charge is 2.62. The number of hydrogen-bond donors (Lipinski definition) is 1. The van der Waals surface area contributed by atoms with E-state index in [1.807, 2.05) is 24.4 Å². The molecule has 0 saturated carbocycles. The van der Waals surface area contributed by atoms with Gasteiger partial charge in [0.05, 0.1) is 6.61 Å². The molecule has 0 amide bonds. The van der Waals surface area contributed by atoms with E-state index >= 15 is 4.39 Å². The normalized spacial score (nSPS) is 29.2. The van der Waals surface area contributed by atoms with E-state index in [1.54, 1.807) is 4.40 Å². The van der Waals surface area contributed by atoms with E-state index in [-0.39, 0.29) is 30.0 Å². The number of hydrogen-bond acceptors (Lipinski definition) is 6. The van der Waals surface area contributed by atoms with Gasteiger partial charge in [0, 0.05) is 32.3 Å². The van der Waals surface area contributed by atoms with E-state index in [0.29, 0.717) is 30.9 Å². The van der Waals surface area contributed by atoms with Gasteiger partial charge >= 0.3 is 0 Å². The Morgan fingerprint density at radius 1 is 1.28 bits per heavy atom. The van der Waals surface area contributed by atoms with Gasteiger partial charge in [0.2, 0.25) is 11.7 Å². The van der Waals surface area contributed by atoms with Crippen LogP contribution >= 0.6 is 11.6 Å². The van der Waals surface area contributed by atoms with Gasteiger partial charge in [-0.05, 0) is 12.1 Å². The minimum absolute atomic E-state index is 0.207. The van der Waals surface area contributed by atoms with Crippen molar-refractivity contribution in [1.82, 2.24) is 24.8 Å². The molecule has 3 aromatic rings. The van der Waals surface area contributed by atoms with Gasteiger partial charge in [0.1, 0.15) is 22.4 Å². The zero-order valence-corrected chi connectivity index (χ0v) is 14.0. The van der Waals surface area contributed by atoms with Crippen LogP contribution in [0.3, 0.4) is 0 Å². The summed E-state index contributed by atoms with van der Waals surface area (Å²) in [7, 11) is 0. The Morgan fingerprint density at radius 3 is 3.12 bits per heavy atom. The lowest BCUT2D eigenvalue weighted by atomic mass is 9.73. The summed E-state index contributed by atoms with van der Waals surface area (Å²) in [5.74, 6) is 0.518. The van der Waals surface area contributed by atoms with Crippen LogP contribution in [0.2, 0.25) is 5.15 Å². The molecule has 1 N–H and O–H groups in total. The molecule has 2 fully saturated rings. The summed E-state index contributed by atoms with van der Waals surface area (Å²) in [6.07, 6.45) is 2.12. The van der Waals surface area contributed by atoms with Crippen LogP contribution in [-0.2, 0) is 10.2 Å². The van der Waals surface area contributed by atoms with Crippen molar-refractivity contribution in [3.8, 4) is 11.5 Å². The second-order valence-electron chi connectivity index (χ2n) is 6.56. The smallest absolute Gasteiger partial charge is 0.240 e. The van der Waals surface area contributed by atoms with Crippen LogP contribution in [0.5, 0.6) is 0 Å². The first kappa shape index (κ1) is 15.2. The number of halogens is 2. The van der Waals surface area contributed by atoms with Gasteiger partial charge in [-0.25, -0.2) is 9.37 Å². The minimum Gasteiger partial charge on any atom is -0.380 e. The molecule has 25 heavy (non-hydrogen) atoms. The number of alkyl halides is 1. The molecule has 0 unspecified atom stereocenters. The van der Waals surface area contributed by atoms with E-state index in [2.05, 4.69) is 20.4 Å². The van der Waals surface area contributed by atoms with Crippen molar-refractivity contribution in [1.29, 1.82) is 0 Å². The molecular formula is C16H15ClFN5O2. The Labute approximate surface area is 147 Å². The summed E-state index contributed by atoms with van der Waals surface area (Å²) < 4.78 is 28.3. The second-order valence-corrected chi connectivity index (χ2v) is 6.91. The number of ether oxygens (including phenoxy) is 1. The van der Waals surface area contributed by atoms with Crippen LogP contribution in [-0.4, -0.2) is 51.5 Å². The number of fused-ring (bicyclic) bond motifs is 2. The van der Waals surface area contributed by atoms with Crippen molar-refractivity contribution in [3.05, 3.63) is 35.4 Å². The standard InChI is InChI=1S/C16H15ClFN5O2/c17-12-11(23-5-2-1-3-10(23)20-12)13-21-14(25-22-13)15-7-19-8-16(15,18)4-6-24-9-15/h1-3,5,19H,4,6-9H2/t15-,16+/m0/s1. The van der Waals surface area contributed by atoms with Gasteiger partial charge in [0.25, 0.3) is 0 Å². The lowest BCUT2D eigenvalue weighted by Gasteiger charge is -2.39. The third kappa shape index (κ3) is 2.01. The molecular weight excluding hydrogens is 349 g/mol. The monoisotopic (exact) mass is 363 g/mol. The van der Waals surface area contributed by atoms with Crippen LogP contribution in [0.4, 0.5) is 4.39 Å². The van der Waals surface area contributed by atoms with E-state index < -0.39 is 11.1 Å². The van der Waals surface area contributed by atoms with Crippen molar-refractivity contribution in [2.45, 2.75) is 17.5 Å². The largest absolute Gasteiger partial charge is 0.380 e. The summed E-state index contributed by atoms with van der Waals surface area (Å²) in [5, 5.41) is 7.42. The molecule has 0 spiro atoms. The molecule has 7 nitrogen and oxygen atoms in total. The highest BCUT2D eigenvalue weighted by atomic mass is 35.5. The summed E-state index contributed by atoms with van der Waals surface area (Å²) in [5.41, 5.74) is -1.23. The van der Waals surface area contributed by atoms with Crippen LogP contribution in [0.25, 0.3) is 17.2 Å². The van der Waals surface area contributed by atoms with Crippen molar-refractivity contribution >= 4 is 17.2 Å². The topological polar surface area (TPSA) is 77.5 Å². The zero-order valence-electron chi connectivity index (χ0n) is 13.2. The summed E-state index contributed by atoms with van der Waals surface area (Å²) >= 11 is 6.27. The quantitative estimate of drug-likeness (QED) is 0.750. The zero-order chi connectivity index (χ0) is 17.1. The molecule has 130 valence electrons. The molecule has 3 aromatic heterocycles. The Balaban J connectivity index is 1.63. The van der Waals surface area contributed by atoms with Crippen LogP contribution in [0.1, 0.15) is 12.3 Å². The highest BCUT2D eigenvalue weighted by Crippen LogP contribution is 2.46. The van der Waals surface area contributed by atoms with Crippen LogP contribution in [0.15, 0.2) is 28.9 Å². The molecule has 2 aliphatic rings. The van der Waals surface area contributed by atoms with Crippen molar-refractivity contribution in [2.24, 2.45) is 0 Å². The number of rotatable bonds is 2. The first-order valence-electron chi connectivity index (χ1n) is 8.08. The summed E-state index contributed by atoms with van der Waals surface area (Å²) in [6.45, 7) is 1.25. The van der Waals surface area contributed by atoms with Gasteiger partial charge in [-0.3, -0.25) is 4.40 Å². The summed E-state index contributed by atoms with van der Waals surface area (Å²) in [6, 6.07) is 5.55. The van der Waals surface area contributed by atoms with Gasteiger partial charge in [-0.15, -0.1) is 0 Å². The Bertz CT molecular complexity index is 959. The first-order chi connectivity index (χ1) is 12.1. The molecule has 5 heterocycles. The third-order valence-electron chi connectivity index (χ3n) is 5.22. The molecule has 0 aliphatic carbocycles. The average molecular weight is 364 g/mol. The Morgan fingerprint density at radius 2 is 2.20 bits per heavy atom. The number of nitrogens with one attached hydrogen (secondary N) is 1. The van der Waals surface area contributed by atoms with Crippen LogP contribution < -0.4 is 5.32 Å². The van der Waals surface area contributed by atoms with E-state index in [1.165, 1.54) is 0 Å². The molecule has 5 rings (SSSR count). The van der Waals surface area contributed by atoms with Crippen molar-refractivity contribution in [3.63, 3.8) is 0 Å². The van der Waals surface area contributed by atoms with Gasteiger partial charge in [-0.2, -0.15) is 4.98 Å². The van der Waals surface area contributed by atoms with Gasteiger partial charge in [-0.1, -0.05) is 22.8 Å². The van der Waals surface area contributed by atoms with Gasteiger partial charge in [0.15, 0.2) is 5.15 Å². The Hall–Kier alpha value is -2.03. The number of nitrogens with zero attached hydrogens (tertiary/aromatic N) is 4. The summed E-state index contributed by atoms with van der Waals surface area (Å²) in [4.78, 5) is 8.77. The predicted octanol–water partition coefficient (Wildman–Crippen LogP) is 2.01. The van der Waals surface area contributed by atoms with E-state index in [0.717, 1.165) is 0 Å². The molecule has 2 saturated heterocycles. The lowest BCUT2D eigenvalue weighted by Crippen LogP contribution is -2.54. The Kier molecular flexibility index (Phi) is 3.19. The maximum absolute atomic E-state index is 15.5. The van der Waals surface area contributed by atoms with E-state index in [9.17, 15) is 0 Å². The second kappa shape index (κ2) is 5.23. The maximum Gasteiger partial charge on any atom is 0.240 e. The fourth-order valence-corrected chi connectivity index (χ4v) is 4.06.